The van der Waals surface area contributed by atoms with E-state index in [0.717, 1.165) is 99.7 Å². The highest BCUT2D eigenvalue weighted by atomic mass is 16.5. The van der Waals surface area contributed by atoms with E-state index in [2.05, 4.69) is 56.4 Å². The Morgan fingerprint density at radius 2 is 1.15 bits per heavy atom. The zero-order valence-corrected chi connectivity index (χ0v) is 22.5. The van der Waals surface area contributed by atoms with E-state index < -0.39 is 0 Å². The maximum Gasteiger partial charge on any atom is 0.119 e. The van der Waals surface area contributed by atoms with Gasteiger partial charge in [-0.1, -0.05) is 36.4 Å². The monoisotopic (exact) mass is 530 g/mol. The number of ether oxygens (including phenoxy) is 4. The molecule has 1 N–H and O–H groups in total. The fourth-order valence-corrected chi connectivity index (χ4v) is 4.48. The third-order valence-corrected chi connectivity index (χ3v) is 6.84. The van der Waals surface area contributed by atoms with Gasteiger partial charge in [0.15, 0.2) is 0 Å². The van der Waals surface area contributed by atoms with Gasteiger partial charge in [-0.15, -0.1) is 0 Å². The molecule has 0 aliphatic carbocycles. The largest absolute Gasteiger partial charge is 0.492 e. The fourth-order valence-electron chi connectivity index (χ4n) is 4.48. The summed E-state index contributed by atoms with van der Waals surface area (Å²) in [4.78, 5) is 4.74. The molecule has 0 unspecified atom stereocenters. The van der Waals surface area contributed by atoms with Crippen molar-refractivity contribution in [3.8, 4) is 11.5 Å². The predicted octanol–water partition coefficient (Wildman–Crippen LogP) is 4.17. The molecule has 2 aliphatic rings. The molecular formula is C31H38N4O4. The highest BCUT2D eigenvalue weighted by Crippen LogP contribution is 2.17. The second-order valence-electron chi connectivity index (χ2n) is 9.66. The summed E-state index contributed by atoms with van der Waals surface area (Å²) in [6, 6.07) is 18.3. The number of nitrogens with zero attached hydrogens (tertiary/aromatic N) is 3. The Bertz CT molecular complexity index is 1090. The molecule has 0 saturated carbocycles. The normalized spacial score (nSPS) is 17.2. The minimum Gasteiger partial charge on any atom is -0.492 e. The van der Waals surface area contributed by atoms with Crippen molar-refractivity contribution in [1.29, 1.82) is 0 Å². The topological polar surface area (TPSA) is 72.1 Å². The minimum absolute atomic E-state index is 0.687. The van der Waals surface area contributed by atoms with Gasteiger partial charge in [0.2, 0.25) is 0 Å². The first-order valence-electron chi connectivity index (χ1n) is 13.8. The minimum atomic E-state index is 0.687. The van der Waals surface area contributed by atoms with Crippen LogP contribution in [-0.4, -0.2) is 98.9 Å². The third-order valence-electron chi connectivity index (χ3n) is 6.84. The summed E-state index contributed by atoms with van der Waals surface area (Å²) in [6.45, 7) is 10.4. The van der Waals surface area contributed by atoms with Gasteiger partial charge in [-0.2, -0.15) is 5.10 Å². The zero-order valence-electron chi connectivity index (χ0n) is 22.5. The summed E-state index contributed by atoms with van der Waals surface area (Å²) in [5, 5.41) is 7.48. The molecule has 206 valence electrons. The second kappa shape index (κ2) is 14.6. The van der Waals surface area contributed by atoms with Crippen LogP contribution in [0.25, 0.3) is 24.3 Å². The average molecular weight is 531 g/mol. The van der Waals surface area contributed by atoms with E-state index in [1.165, 1.54) is 0 Å². The number of nitrogens with one attached hydrogen (secondary N) is 1. The van der Waals surface area contributed by atoms with Crippen molar-refractivity contribution in [2.75, 3.05) is 78.9 Å². The summed E-state index contributed by atoms with van der Waals surface area (Å²) in [5.74, 6) is 1.78. The van der Waals surface area contributed by atoms with Crippen molar-refractivity contribution in [3.05, 3.63) is 77.1 Å². The van der Waals surface area contributed by atoms with Crippen LogP contribution in [0.5, 0.6) is 11.5 Å². The van der Waals surface area contributed by atoms with Crippen LogP contribution in [0.4, 0.5) is 0 Å². The molecular weight excluding hydrogens is 492 g/mol. The molecule has 1 aromatic heterocycles. The van der Waals surface area contributed by atoms with E-state index in [1.54, 1.807) is 0 Å². The molecule has 3 aromatic rings. The van der Waals surface area contributed by atoms with E-state index in [4.69, 9.17) is 18.9 Å². The molecule has 8 nitrogen and oxygen atoms in total. The van der Waals surface area contributed by atoms with Crippen LogP contribution in [0.15, 0.2) is 54.6 Å². The van der Waals surface area contributed by atoms with E-state index >= 15 is 0 Å². The van der Waals surface area contributed by atoms with Gasteiger partial charge in [-0.3, -0.25) is 14.9 Å². The maximum absolute atomic E-state index is 5.90. The summed E-state index contributed by atoms with van der Waals surface area (Å²) < 4.78 is 22.6. The van der Waals surface area contributed by atoms with Crippen molar-refractivity contribution in [1.82, 2.24) is 20.0 Å². The van der Waals surface area contributed by atoms with Crippen LogP contribution in [0, 0.1) is 0 Å². The average Bonchev–Trinajstić information content (AvgIpc) is 3.45. The second-order valence-corrected chi connectivity index (χ2v) is 9.66. The predicted molar refractivity (Wildman–Crippen MR) is 155 cm³/mol. The quantitative estimate of drug-likeness (QED) is 0.377. The summed E-state index contributed by atoms with van der Waals surface area (Å²) in [5.41, 5.74) is 4.03. The van der Waals surface area contributed by atoms with E-state index in [9.17, 15) is 0 Å². The van der Waals surface area contributed by atoms with Gasteiger partial charge in [-0.05, 0) is 53.6 Å². The van der Waals surface area contributed by atoms with Crippen LogP contribution in [0.3, 0.4) is 0 Å². The smallest absolute Gasteiger partial charge is 0.119 e. The van der Waals surface area contributed by atoms with Gasteiger partial charge in [0.05, 0.1) is 37.8 Å². The zero-order chi connectivity index (χ0) is 26.5. The van der Waals surface area contributed by atoms with Crippen LogP contribution >= 0.6 is 0 Å². The van der Waals surface area contributed by atoms with E-state index in [0.29, 0.717) is 13.2 Å². The first-order valence-corrected chi connectivity index (χ1v) is 13.8. The van der Waals surface area contributed by atoms with Gasteiger partial charge in [-0.25, -0.2) is 0 Å². The summed E-state index contributed by atoms with van der Waals surface area (Å²) >= 11 is 0. The van der Waals surface area contributed by atoms with Gasteiger partial charge in [0, 0.05) is 39.3 Å². The molecule has 5 rings (SSSR count). The molecule has 0 bridgehead atoms. The Morgan fingerprint density at radius 1 is 0.667 bits per heavy atom. The molecule has 0 radical (unpaired) electrons. The molecule has 2 aromatic carbocycles. The first kappa shape index (κ1) is 27.1. The third kappa shape index (κ3) is 9.07. The van der Waals surface area contributed by atoms with Crippen molar-refractivity contribution >= 4 is 24.3 Å². The maximum atomic E-state index is 5.90. The molecule has 39 heavy (non-hydrogen) atoms. The summed E-state index contributed by atoms with van der Waals surface area (Å²) in [7, 11) is 0. The number of morpholine rings is 2. The van der Waals surface area contributed by atoms with Crippen LogP contribution in [-0.2, 0) is 9.47 Å². The Kier molecular flexibility index (Phi) is 10.2. The highest BCUT2D eigenvalue weighted by Gasteiger charge is 2.10. The number of hydrogen-bond donors (Lipinski definition) is 1. The molecule has 0 amide bonds. The molecule has 2 fully saturated rings. The highest BCUT2D eigenvalue weighted by molar-refractivity contribution is 5.72. The number of aromatic nitrogens is 2. The lowest BCUT2D eigenvalue weighted by Gasteiger charge is -2.26. The Morgan fingerprint density at radius 3 is 1.67 bits per heavy atom. The Balaban J connectivity index is 1.04. The van der Waals surface area contributed by atoms with E-state index in [-0.39, 0.29) is 0 Å². The number of hydrogen-bond acceptors (Lipinski definition) is 7. The van der Waals surface area contributed by atoms with Gasteiger partial charge < -0.3 is 18.9 Å². The fraction of sp³-hybridized carbons (Fsp3) is 0.387. The lowest BCUT2D eigenvalue weighted by Crippen LogP contribution is -2.38. The van der Waals surface area contributed by atoms with Crippen LogP contribution < -0.4 is 9.47 Å². The van der Waals surface area contributed by atoms with Crippen molar-refractivity contribution in [3.63, 3.8) is 0 Å². The van der Waals surface area contributed by atoms with Gasteiger partial charge in [0.1, 0.15) is 24.7 Å². The number of benzene rings is 2. The molecule has 8 heteroatoms. The van der Waals surface area contributed by atoms with Gasteiger partial charge in [0.25, 0.3) is 0 Å². The SMILES string of the molecule is C(=Cc1cc(/C=C/c2ccc(OCCN3CCOCC3)cc2)n[nH]1)c1ccc(OCCN2CCOCC2)cc1. The molecule has 3 heterocycles. The Labute approximate surface area is 230 Å². The van der Waals surface area contributed by atoms with Crippen LogP contribution in [0.1, 0.15) is 22.5 Å². The lowest BCUT2D eigenvalue weighted by molar-refractivity contribution is 0.0321. The lowest BCUT2D eigenvalue weighted by atomic mass is 10.2. The first-order chi connectivity index (χ1) is 19.3. The van der Waals surface area contributed by atoms with Crippen molar-refractivity contribution < 1.29 is 18.9 Å². The van der Waals surface area contributed by atoms with Crippen LogP contribution in [0.2, 0.25) is 0 Å². The molecule has 2 aliphatic heterocycles. The standard InChI is InChI=1S/C31H38N4O4/c1(26-3-9-30(10-4-26)38-23-17-34-13-19-36-20-14-34)7-28-25-29(33-32-28)8-2-27-5-11-31(12-6-27)39-24-18-35-15-21-37-22-16-35/h1-12,25H,13-24H2,(H,32,33)/b7-1+,8-2?. The number of H-pyrrole nitrogens is 1. The number of rotatable bonds is 12. The van der Waals surface area contributed by atoms with E-state index in [1.807, 2.05) is 42.5 Å². The Hall–Kier alpha value is -3.43. The van der Waals surface area contributed by atoms with Crippen molar-refractivity contribution in [2.45, 2.75) is 0 Å². The van der Waals surface area contributed by atoms with Crippen molar-refractivity contribution in [2.24, 2.45) is 0 Å². The number of aromatic amines is 1. The molecule has 0 atom stereocenters. The summed E-state index contributed by atoms with van der Waals surface area (Å²) in [6.07, 6.45) is 8.15. The molecule has 2 saturated heterocycles. The van der Waals surface area contributed by atoms with Gasteiger partial charge >= 0.3 is 0 Å². The molecule has 0 spiro atoms.